The molecule has 1 saturated heterocycles. The highest BCUT2D eigenvalue weighted by atomic mass is 15.2. The zero-order chi connectivity index (χ0) is 13.0. The van der Waals surface area contributed by atoms with Crippen LogP contribution in [0, 0.1) is 5.41 Å². The number of anilines is 1. The Labute approximate surface area is 109 Å². The van der Waals surface area contributed by atoms with Crippen LogP contribution in [0.15, 0.2) is 18.3 Å². The molecule has 1 aliphatic rings. The molecule has 1 fully saturated rings. The topological polar surface area (TPSA) is 66.0 Å². The highest BCUT2D eigenvalue weighted by Gasteiger charge is 2.25. The Bertz CT molecular complexity index is 414. The van der Waals surface area contributed by atoms with Gasteiger partial charge < -0.3 is 10.6 Å². The van der Waals surface area contributed by atoms with Crippen LogP contribution in [0.25, 0.3) is 0 Å². The highest BCUT2D eigenvalue weighted by molar-refractivity contribution is 5.99. The van der Waals surface area contributed by atoms with E-state index in [1.54, 1.807) is 6.20 Å². The average molecular weight is 246 g/mol. The van der Waals surface area contributed by atoms with E-state index in [0.717, 1.165) is 17.9 Å². The van der Waals surface area contributed by atoms with Gasteiger partial charge in [0.1, 0.15) is 11.7 Å². The quantitative estimate of drug-likeness (QED) is 0.633. The van der Waals surface area contributed by atoms with Crippen LogP contribution in [0.5, 0.6) is 0 Å². The van der Waals surface area contributed by atoms with E-state index in [4.69, 9.17) is 11.1 Å². The number of piperidine rings is 1. The van der Waals surface area contributed by atoms with Gasteiger partial charge in [-0.2, -0.15) is 0 Å². The summed E-state index contributed by atoms with van der Waals surface area (Å²) in [5.74, 6) is 1.00. The number of amidine groups is 1. The summed E-state index contributed by atoms with van der Waals surface area (Å²) < 4.78 is 0. The number of rotatable bonds is 4. The van der Waals surface area contributed by atoms with E-state index in [2.05, 4.69) is 16.8 Å². The Balaban J connectivity index is 2.30. The molecule has 18 heavy (non-hydrogen) atoms. The Morgan fingerprint density at radius 1 is 1.56 bits per heavy atom. The van der Waals surface area contributed by atoms with Crippen molar-refractivity contribution in [1.29, 1.82) is 5.41 Å². The molecule has 98 valence electrons. The fraction of sp³-hybridized carbons (Fsp3) is 0.571. The van der Waals surface area contributed by atoms with Crippen molar-refractivity contribution < 1.29 is 0 Å². The largest absolute Gasteiger partial charge is 0.384 e. The molecule has 0 amide bonds. The van der Waals surface area contributed by atoms with Crippen molar-refractivity contribution >= 4 is 11.7 Å². The smallest absolute Gasteiger partial charge is 0.139 e. The van der Waals surface area contributed by atoms with Crippen molar-refractivity contribution in [3.05, 3.63) is 23.9 Å². The molecule has 0 saturated carbocycles. The van der Waals surface area contributed by atoms with Crippen LogP contribution in [-0.2, 0) is 0 Å². The molecule has 0 radical (unpaired) electrons. The summed E-state index contributed by atoms with van der Waals surface area (Å²) in [4.78, 5) is 6.81. The number of hydrogen-bond donors (Lipinski definition) is 2. The minimum Gasteiger partial charge on any atom is -0.384 e. The van der Waals surface area contributed by atoms with Crippen molar-refractivity contribution in [2.75, 3.05) is 11.4 Å². The first-order valence-corrected chi connectivity index (χ1v) is 6.80. The number of aromatic nitrogens is 1. The van der Waals surface area contributed by atoms with Crippen molar-refractivity contribution in [3.8, 4) is 0 Å². The summed E-state index contributed by atoms with van der Waals surface area (Å²) in [6, 6.07) is 4.29. The summed E-state index contributed by atoms with van der Waals surface area (Å²) in [6.07, 6.45) is 7.88. The lowest BCUT2D eigenvalue weighted by molar-refractivity contribution is 0.431. The van der Waals surface area contributed by atoms with Gasteiger partial charge in [0.2, 0.25) is 0 Å². The van der Waals surface area contributed by atoms with Gasteiger partial charge in [0.05, 0.1) is 5.56 Å². The van der Waals surface area contributed by atoms with Crippen LogP contribution in [0.3, 0.4) is 0 Å². The van der Waals surface area contributed by atoms with Gasteiger partial charge in [0.25, 0.3) is 0 Å². The van der Waals surface area contributed by atoms with Gasteiger partial charge in [0, 0.05) is 18.8 Å². The van der Waals surface area contributed by atoms with E-state index in [1.165, 1.54) is 32.1 Å². The van der Waals surface area contributed by atoms with Gasteiger partial charge >= 0.3 is 0 Å². The van der Waals surface area contributed by atoms with E-state index in [0.29, 0.717) is 6.04 Å². The van der Waals surface area contributed by atoms with Crippen LogP contribution in [-0.4, -0.2) is 23.4 Å². The number of hydrogen-bond acceptors (Lipinski definition) is 3. The maximum atomic E-state index is 7.67. The van der Waals surface area contributed by atoms with Gasteiger partial charge in [-0.3, -0.25) is 5.41 Å². The van der Waals surface area contributed by atoms with Crippen molar-refractivity contribution in [2.24, 2.45) is 5.73 Å². The second kappa shape index (κ2) is 5.85. The third kappa shape index (κ3) is 2.63. The average Bonchev–Trinajstić information content (AvgIpc) is 2.40. The van der Waals surface area contributed by atoms with Gasteiger partial charge in [0.15, 0.2) is 0 Å². The third-order valence-electron chi connectivity index (χ3n) is 3.60. The maximum Gasteiger partial charge on any atom is 0.139 e. The predicted molar refractivity (Wildman–Crippen MR) is 75.1 cm³/mol. The summed E-state index contributed by atoms with van der Waals surface area (Å²) in [6.45, 7) is 3.25. The Hall–Kier alpha value is -1.58. The van der Waals surface area contributed by atoms with Gasteiger partial charge in [-0.15, -0.1) is 0 Å². The summed E-state index contributed by atoms with van der Waals surface area (Å²) >= 11 is 0. The molecule has 1 aromatic heterocycles. The van der Waals surface area contributed by atoms with E-state index >= 15 is 0 Å². The van der Waals surface area contributed by atoms with Crippen LogP contribution in [0.1, 0.15) is 44.6 Å². The Morgan fingerprint density at radius 3 is 3.11 bits per heavy atom. The second-order valence-electron chi connectivity index (χ2n) is 4.92. The van der Waals surface area contributed by atoms with E-state index < -0.39 is 0 Å². The fourth-order valence-corrected chi connectivity index (χ4v) is 2.75. The molecule has 1 atom stereocenters. The number of nitrogens with one attached hydrogen (secondary N) is 1. The molecule has 0 aliphatic carbocycles. The van der Waals surface area contributed by atoms with E-state index in [9.17, 15) is 0 Å². The van der Waals surface area contributed by atoms with E-state index in [-0.39, 0.29) is 5.84 Å². The lowest BCUT2D eigenvalue weighted by atomic mass is 9.97. The van der Waals surface area contributed by atoms with Crippen LogP contribution >= 0.6 is 0 Å². The van der Waals surface area contributed by atoms with Crippen molar-refractivity contribution in [1.82, 2.24) is 4.98 Å². The molecule has 1 aromatic rings. The summed E-state index contributed by atoms with van der Waals surface area (Å²) in [7, 11) is 0. The maximum absolute atomic E-state index is 7.67. The highest BCUT2D eigenvalue weighted by Crippen LogP contribution is 2.27. The second-order valence-corrected chi connectivity index (χ2v) is 4.92. The standard InChI is InChI=1S/C14H22N4/c1-2-6-11-7-3-4-10-18(11)14-12(13(15)16)8-5-9-17-14/h5,8-9,11H,2-4,6-7,10H2,1H3,(H3,15,16). The zero-order valence-corrected chi connectivity index (χ0v) is 11.0. The molecule has 1 aliphatic heterocycles. The first-order valence-electron chi connectivity index (χ1n) is 6.80. The third-order valence-corrected chi connectivity index (χ3v) is 3.60. The number of nitrogens with two attached hydrogens (primary N) is 1. The molecule has 4 heteroatoms. The van der Waals surface area contributed by atoms with E-state index in [1.807, 2.05) is 12.1 Å². The predicted octanol–water partition coefficient (Wildman–Crippen LogP) is 2.52. The molecule has 4 nitrogen and oxygen atoms in total. The SMILES string of the molecule is CCCC1CCCCN1c1ncccc1C(=N)N. The minimum atomic E-state index is 0.110. The van der Waals surface area contributed by atoms with Crippen LogP contribution in [0.2, 0.25) is 0 Å². The Kier molecular flexibility index (Phi) is 4.18. The zero-order valence-electron chi connectivity index (χ0n) is 11.0. The molecular formula is C14H22N4. The number of nitrogens with zero attached hydrogens (tertiary/aromatic N) is 2. The van der Waals surface area contributed by atoms with Crippen LogP contribution < -0.4 is 10.6 Å². The Morgan fingerprint density at radius 2 is 2.39 bits per heavy atom. The first kappa shape index (κ1) is 12.9. The van der Waals surface area contributed by atoms with Crippen LogP contribution in [0.4, 0.5) is 5.82 Å². The monoisotopic (exact) mass is 246 g/mol. The van der Waals surface area contributed by atoms with Gasteiger partial charge in [-0.1, -0.05) is 13.3 Å². The normalized spacial score (nSPS) is 19.8. The van der Waals surface area contributed by atoms with Gasteiger partial charge in [-0.05, 0) is 37.8 Å². The molecule has 0 bridgehead atoms. The number of nitrogen functional groups attached to an aromatic ring is 1. The lowest BCUT2D eigenvalue weighted by Gasteiger charge is -2.37. The summed E-state index contributed by atoms with van der Waals surface area (Å²) in [5.41, 5.74) is 6.42. The van der Waals surface area contributed by atoms with Crippen molar-refractivity contribution in [2.45, 2.75) is 45.1 Å². The molecule has 2 rings (SSSR count). The molecule has 3 N–H and O–H groups in total. The molecule has 0 aromatic carbocycles. The minimum absolute atomic E-state index is 0.110. The van der Waals surface area contributed by atoms with Gasteiger partial charge in [-0.25, -0.2) is 4.98 Å². The first-order chi connectivity index (χ1) is 8.74. The molecular weight excluding hydrogens is 224 g/mol. The molecule has 0 spiro atoms. The molecule has 2 heterocycles. The molecule has 1 unspecified atom stereocenters. The summed E-state index contributed by atoms with van der Waals surface area (Å²) in [5, 5.41) is 7.67. The number of pyridine rings is 1. The lowest BCUT2D eigenvalue weighted by Crippen LogP contribution is -2.41. The van der Waals surface area contributed by atoms with Crippen molar-refractivity contribution in [3.63, 3.8) is 0 Å². The fourth-order valence-electron chi connectivity index (χ4n) is 2.75.